The molecule has 0 unspecified atom stereocenters. The molecule has 0 bridgehead atoms. The zero-order chi connectivity index (χ0) is 17.5. The first-order chi connectivity index (χ1) is 12.2. The molecule has 1 amide bonds. The van der Waals surface area contributed by atoms with Crippen molar-refractivity contribution in [3.8, 4) is 0 Å². The SMILES string of the molecule is O=C(N[C@@H](SCc1ccccc1Cl)c1ccccc1)c1ccccc1. The van der Waals surface area contributed by atoms with Crippen LogP contribution in [0.3, 0.4) is 0 Å². The number of hydrogen-bond acceptors (Lipinski definition) is 2. The van der Waals surface area contributed by atoms with Gasteiger partial charge < -0.3 is 5.32 Å². The van der Waals surface area contributed by atoms with Crippen LogP contribution < -0.4 is 5.32 Å². The molecule has 0 aliphatic carbocycles. The molecule has 0 heterocycles. The van der Waals surface area contributed by atoms with Crippen molar-refractivity contribution in [3.63, 3.8) is 0 Å². The number of carbonyl (C=O) groups excluding carboxylic acids is 1. The molecule has 0 aliphatic rings. The van der Waals surface area contributed by atoms with Crippen LogP contribution in [0.4, 0.5) is 0 Å². The van der Waals surface area contributed by atoms with Crippen LogP contribution in [0, 0.1) is 0 Å². The molecule has 0 fully saturated rings. The van der Waals surface area contributed by atoms with Crippen molar-refractivity contribution in [3.05, 3.63) is 107 Å². The van der Waals surface area contributed by atoms with Gasteiger partial charge in [-0.2, -0.15) is 0 Å². The van der Waals surface area contributed by atoms with Crippen molar-refractivity contribution >= 4 is 29.3 Å². The molecule has 0 spiro atoms. The summed E-state index contributed by atoms with van der Waals surface area (Å²) in [7, 11) is 0. The second-order valence-corrected chi connectivity index (χ2v) is 7.03. The highest BCUT2D eigenvalue weighted by Gasteiger charge is 2.16. The monoisotopic (exact) mass is 367 g/mol. The van der Waals surface area contributed by atoms with E-state index in [9.17, 15) is 4.79 Å². The Morgan fingerprint density at radius 3 is 2.16 bits per heavy atom. The van der Waals surface area contributed by atoms with E-state index < -0.39 is 0 Å². The molecule has 2 nitrogen and oxygen atoms in total. The predicted molar refractivity (Wildman–Crippen MR) is 106 cm³/mol. The van der Waals surface area contributed by atoms with Gasteiger partial charge in [-0.05, 0) is 29.3 Å². The minimum atomic E-state index is -0.148. The van der Waals surface area contributed by atoms with Crippen LogP contribution in [-0.4, -0.2) is 5.91 Å². The molecular weight excluding hydrogens is 350 g/mol. The number of benzene rings is 3. The number of carbonyl (C=O) groups is 1. The van der Waals surface area contributed by atoms with E-state index in [0.717, 1.165) is 16.1 Å². The first-order valence-electron chi connectivity index (χ1n) is 8.00. The fourth-order valence-corrected chi connectivity index (χ4v) is 3.85. The standard InChI is InChI=1S/C21H18ClNOS/c22-19-14-8-7-13-18(19)15-25-21(17-11-5-2-6-12-17)23-20(24)16-9-3-1-4-10-16/h1-14,21H,15H2,(H,23,24)/t21-/m0/s1. The largest absolute Gasteiger partial charge is 0.336 e. The summed E-state index contributed by atoms with van der Waals surface area (Å²) in [5, 5.41) is 3.72. The summed E-state index contributed by atoms with van der Waals surface area (Å²) in [6.45, 7) is 0. The smallest absolute Gasteiger partial charge is 0.252 e. The molecule has 1 N–H and O–H groups in total. The minimum Gasteiger partial charge on any atom is -0.336 e. The van der Waals surface area contributed by atoms with Gasteiger partial charge in [0.1, 0.15) is 5.37 Å². The van der Waals surface area contributed by atoms with Gasteiger partial charge in [0.25, 0.3) is 5.91 Å². The Hall–Kier alpha value is -2.23. The fraction of sp³-hybridized carbons (Fsp3) is 0.0952. The van der Waals surface area contributed by atoms with Crippen molar-refractivity contribution in [2.45, 2.75) is 11.1 Å². The van der Waals surface area contributed by atoms with E-state index in [0.29, 0.717) is 11.3 Å². The van der Waals surface area contributed by atoms with E-state index in [4.69, 9.17) is 11.6 Å². The molecule has 25 heavy (non-hydrogen) atoms. The second kappa shape index (κ2) is 8.75. The minimum absolute atomic E-state index is 0.0823. The Bertz CT molecular complexity index is 824. The van der Waals surface area contributed by atoms with Crippen molar-refractivity contribution < 1.29 is 4.79 Å². The fourth-order valence-electron chi connectivity index (χ4n) is 2.43. The molecule has 0 saturated heterocycles. The lowest BCUT2D eigenvalue weighted by atomic mass is 10.2. The van der Waals surface area contributed by atoms with Crippen LogP contribution in [-0.2, 0) is 5.75 Å². The first kappa shape index (κ1) is 17.6. The third-order valence-electron chi connectivity index (χ3n) is 3.76. The van der Waals surface area contributed by atoms with Gasteiger partial charge in [0.05, 0.1) is 0 Å². The van der Waals surface area contributed by atoms with Gasteiger partial charge in [-0.15, -0.1) is 11.8 Å². The Kier molecular flexibility index (Phi) is 6.15. The van der Waals surface area contributed by atoms with Crippen LogP contribution in [0.25, 0.3) is 0 Å². The summed E-state index contributed by atoms with van der Waals surface area (Å²) in [5.41, 5.74) is 2.77. The lowest BCUT2D eigenvalue weighted by molar-refractivity contribution is 0.0949. The highest BCUT2D eigenvalue weighted by atomic mass is 35.5. The lowest BCUT2D eigenvalue weighted by Crippen LogP contribution is -2.26. The molecular formula is C21H18ClNOS. The van der Waals surface area contributed by atoms with Gasteiger partial charge in [0, 0.05) is 16.3 Å². The van der Waals surface area contributed by atoms with Gasteiger partial charge in [-0.3, -0.25) is 4.79 Å². The number of hydrogen-bond donors (Lipinski definition) is 1. The molecule has 1 atom stereocenters. The first-order valence-corrected chi connectivity index (χ1v) is 9.42. The van der Waals surface area contributed by atoms with E-state index in [2.05, 4.69) is 5.32 Å². The summed E-state index contributed by atoms with van der Waals surface area (Å²) < 4.78 is 0. The average Bonchev–Trinajstić information content (AvgIpc) is 2.67. The topological polar surface area (TPSA) is 29.1 Å². The van der Waals surface area contributed by atoms with Crippen molar-refractivity contribution in [1.29, 1.82) is 0 Å². The molecule has 4 heteroatoms. The molecule has 3 aromatic rings. The Morgan fingerprint density at radius 1 is 0.880 bits per heavy atom. The van der Waals surface area contributed by atoms with E-state index in [1.165, 1.54) is 0 Å². The van der Waals surface area contributed by atoms with Crippen LogP contribution >= 0.6 is 23.4 Å². The Labute approximate surface area is 157 Å². The number of nitrogens with one attached hydrogen (secondary N) is 1. The van der Waals surface area contributed by atoms with E-state index in [1.54, 1.807) is 11.8 Å². The van der Waals surface area contributed by atoms with Crippen molar-refractivity contribution in [1.82, 2.24) is 5.32 Å². The maximum atomic E-state index is 12.6. The van der Waals surface area contributed by atoms with Crippen LogP contribution in [0.5, 0.6) is 0 Å². The second-order valence-electron chi connectivity index (χ2n) is 5.53. The van der Waals surface area contributed by atoms with Crippen LogP contribution in [0.1, 0.15) is 26.9 Å². The normalized spacial score (nSPS) is 11.7. The summed E-state index contributed by atoms with van der Waals surface area (Å²) >= 11 is 7.90. The zero-order valence-corrected chi connectivity index (χ0v) is 15.1. The predicted octanol–water partition coefficient (Wildman–Crippen LogP) is 5.70. The quantitative estimate of drug-likeness (QED) is 0.566. The number of thioether (sulfide) groups is 1. The summed E-state index contributed by atoms with van der Waals surface area (Å²) in [5.74, 6) is 0.634. The average molecular weight is 368 g/mol. The number of amides is 1. The molecule has 0 radical (unpaired) electrons. The van der Waals surface area contributed by atoms with Gasteiger partial charge in [0.2, 0.25) is 0 Å². The van der Waals surface area contributed by atoms with Gasteiger partial charge >= 0.3 is 0 Å². The lowest BCUT2D eigenvalue weighted by Gasteiger charge is -2.19. The van der Waals surface area contributed by atoms with Crippen LogP contribution in [0.2, 0.25) is 5.02 Å². The highest BCUT2D eigenvalue weighted by Crippen LogP contribution is 2.31. The Morgan fingerprint density at radius 2 is 1.48 bits per heavy atom. The maximum Gasteiger partial charge on any atom is 0.252 e. The molecule has 0 aliphatic heterocycles. The summed E-state index contributed by atoms with van der Waals surface area (Å²) in [6.07, 6.45) is 0. The van der Waals surface area contributed by atoms with Gasteiger partial charge in [-0.1, -0.05) is 78.3 Å². The number of rotatable bonds is 6. The van der Waals surface area contributed by atoms with Gasteiger partial charge in [-0.25, -0.2) is 0 Å². The molecule has 3 rings (SSSR count). The molecule has 0 aromatic heterocycles. The van der Waals surface area contributed by atoms with Crippen LogP contribution in [0.15, 0.2) is 84.9 Å². The summed E-state index contributed by atoms with van der Waals surface area (Å²) in [6, 6.07) is 27.0. The summed E-state index contributed by atoms with van der Waals surface area (Å²) in [4.78, 5) is 12.6. The Balaban J connectivity index is 1.76. The van der Waals surface area contributed by atoms with E-state index >= 15 is 0 Å². The van der Waals surface area contributed by atoms with Gasteiger partial charge in [0.15, 0.2) is 0 Å². The van der Waals surface area contributed by atoms with Crippen molar-refractivity contribution in [2.75, 3.05) is 0 Å². The maximum absolute atomic E-state index is 12.6. The zero-order valence-electron chi connectivity index (χ0n) is 13.6. The number of halogens is 1. The molecule has 3 aromatic carbocycles. The third kappa shape index (κ3) is 4.88. The molecule has 126 valence electrons. The third-order valence-corrected chi connectivity index (χ3v) is 5.33. The van der Waals surface area contributed by atoms with E-state index in [1.807, 2.05) is 84.9 Å². The van der Waals surface area contributed by atoms with E-state index in [-0.39, 0.29) is 11.3 Å². The molecule has 0 saturated carbocycles. The highest BCUT2D eigenvalue weighted by molar-refractivity contribution is 7.98. The van der Waals surface area contributed by atoms with Crippen molar-refractivity contribution in [2.24, 2.45) is 0 Å².